The van der Waals surface area contributed by atoms with Crippen LogP contribution in [0.25, 0.3) is 0 Å². The molecule has 30 heavy (non-hydrogen) atoms. The predicted octanol–water partition coefficient (Wildman–Crippen LogP) is 4.26. The fourth-order valence-corrected chi connectivity index (χ4v) is 4.70. The third kappa shape index (κ3) is 5.78. The van der Waals surface area contributed by atoms with Gasteiger partial charge in [0.25, 0.3) is 5.91 Å². The minimum Gasteiger partial charge on any atom is -0.405 e. The molecule has 12 heteroatoms. The van der Waals surface area contributed by atoms with Gasteiger partial charge in [0, 0.05) is 18.2 Å². The second-order valence-electron chi connectivity index (χ2n) is 6.50. The molecule has 2 aromatic rings. The number of rotatable bonds is 7. The number of carbonyl (C=O) groups excluding carboxylic acids is 1. The van der Waals surface area contributed by atoms with E-state index in [1.54, 1.807) is 0 Å². The number of carbonyl (C=O) groups is 1. The topological polar surface area (TPSA) is 84.5 Å². The first-order chi connectivity index (χ1) is 14.0. The fourth-order valence-electron chi connectivity index (χ4n) is 2.54. The number of alkyl halides is 3. The maximum absolute atomic E-state index is 12.5. The van der Waals surface area contributed by atoms with Crippen molar-refractivity contribution in [3.63, 3.8) is 0 Å². The Hall–Kier alpha value is -2.01. The Labute approximate surface area is 180 Å². The molecule has 0 spiro atoms. The van der Waals surface area contributed by atoms with Gasteiger partial charge in [-0.1, -0.05) is 41.4 Å². The van der Waals surface area contributed by atoms with Crippen molar-refractivity contribution < 1.29 is 31.1 Å². The molecule has 0 aromatic heterocycles. The number of hydrogen-bond acceptors (Lipinski definition) is 4. The molecule has 1 aliphatic carbocycles. The molecule has 2 aromatic carbocycles. The molecule has 3 rings (SSSR count). The molecule has 1 fully saturated rings. The number of hydrogen-bond donors (Lipinski definition) is 2. The molecule has 0 heterocycles. The van der Waals surface area contributed by atoms with E-state index in [-0.39, 0.29) is 38.7 Å². The summed E-state index contributed by atoms with van der Waals surface area (Å²) in [6.45, 7) is -0.313. The highest BCUT2D eigenvalue weighted by Crippen LogP contribution is 2.31. The average Bonchev–Trinajstić information content (AvgIpc) is 3.42. The summed E-state index contributed by atoms with van der Waals surface area (Å²) in [5.41, 5.74) is -0.122. The van der Waals surface area contributed by atoms with Crippen LogP contribution in [0.3, 0.4) is 0 Å². The summed E-state index contributed by atoms with van der Waals surface area (Å²) in [6, 6.07) is 7.27. The molecule has 0 atom stereocenters. The number of halogens is 5. The zero-order valence-corrected chi connectivity index (χ0v) is 17.4. The molecular weight excluding hydrogens is 468 g/mol. The van der Waals surface area contributed by atoms with Gasteiger partial charge in [-0.3, -0.25) is 4.79 Å². The van der Waals surface area contributed by atoms with Gasteiger partial charge in [0.15, 0.2) is 0 Å². The Balaban J connectivity index is 1.80. The Bertz CT molecular complexity index is 1070. The Morgan fingerprint density at radius 1 is 1.13 bits per heavy atom. The van der Waals surface area contributed by atoms with Gasteiger partial charge in [0.2, 0.25) is 10.0 Å². The van der Waals surface area contributed by atoms with Gasteiger partial charge in [0.1, 0.15) is 10.6 Å². The van der Waals surface area contributed by atoms with E-state index in [1.165, 1.54) is 18.2 Å². The number of ether oxygens (including phenoxy) is 1. The number of amides is 1. The van der Waals surface area contributed by atoms with Crippen molar-refractivity contribution in [2.45, 2.75) is 36.7 Å². The summed E-state index contributed by atoms with van der Waals surface area (Å²) in [5, 5.41) is 2.14. The van der Waals surface area contributed by atoms with Crippen molar-refractivity contribution in [1.82, 2.24) is 10.0 Å². The number of benzene rings is 2. The van der Waals surface area contributed by atoms with Gasteiger partial charge in [-0.2, -0.15) is 0 Å². The summed E-state index contributed by atoms with van der Waals surface area (Å²) in [5.74, 6) is -1.26. The minimum atomic E-state index is -4.89. The quantitative estimate of drug-likeness (QED) is 0.617. The van der Waals surface area contributed by atoms with Gasteiger partial charge < -0.3 is 10.1 Å². The minimum absolute atomic E-state index is 0.0662. The van der Waals surface area contributed by atoms with E-state index in [2.05, 4.69) is 14.8 Å². The monoisotopic (exact) mass is 482 g/mol. The van der Waals surface area contributed by atoms with E-state index in [9.17, 15) is 26.4 Å². The third-order valence-electron chi connectivity index (χ3n) is 4.09. The molecule has 2 N–H and O–H groups in total. The normalized spacial score (nSPS) is 14.4. The molecule has 0 unspecified atom stereocenters. The zero-order valence-electron chi connectivity index (χ0n) is 15.1. The second-order valence-corrected chi connectivity index (χ2v) is 8.99. The molecular formula is C18H15Cl2F3N2O4S. The van der Waals surface area contributed by atoms with Crippen molar-refractivity contribution in [2.24, 2.45) is 0 Å². The van der Waals surface area contributed by atoms with Crippen LogP contribution in [-0.2, 0) is 16.6 Å². The number of nitrogens with one attached hydrogen (secondary N) is 2. The highest BCUT2D eigenvalue weighted by molar-refractivity contribution is 7.89. The van der Waals surface area contributed by atoms with Crippen molar-refractivity contribution in [2.75, 3.05) is 0 Å². The predicted molar refractivity (Wildman–Crippen MR) is 104 cm³/mol. The van der Waals surface area contributed by atoms with E-state index in [0.29, 0.717) is 12.8 Å². The van der Waals surface area contributed by atoms with Crippen LogP contribution in [0.2, 0.25) is 10.0 Å². The zero-order chi connectivity index (χ0) is 22.1. The van der Waals surface area contributed by atoms with Crippen molar-refractivity contribution in [3.05, 3.63) is 57.6 Å². The third-order valence-corrected chi connectivity index (χ3v) is 6.39. The van der Waals surface area contributed by atoms with E-state index in [1.807, 2.05) is 0 Å². The van der Waals surface area contributed by atoms with Crippen LogP contribution in [0.1, 0.15) is 28.8 Å². The first-order valence-corrected chi connectivity index (χ1v) is 10.8. The lowest BCUT2D eigenvalue weighted by molar-refractivity contribution is -0.274. The van der Waals surface area contributed by atoms with Crippen molar-refractivity contribution in [3.8, 4) is 5.75 Å². The van der Waals surface area contributed by atoms with Crippen molar-refractivity contribution >= 4 is 39.1 Å². The van der Waals surface area contributed by atoms with Crippen LogP contribution in [0.15, 0.2) is 41.3 Å². The Morgan fingerprint density at radius 3 is 2.43 bits per heavy atom. The molecule has 1 saturated carbocycles. The SMILES string of the molecule is O=C(NCc1ccccc1OC(F)(F)F)c1cc(S(=O)(=O)NC2CC2)c(Cl)cc1Cl. The van der Waals surface area contributed by atoms with Gasteiger partial charge in [-0.15, -0.1) is 13.2 Å². The summed E-state index contributed by atoms with van der Waals surface area (Å²) < 4.78 is 68.9. The first-order valence-electron chi connectivity index (χ1n) is 8.59. The van der Waals surface area contributed by atoms with E-state index < -0.39 is 28.0 Å². The summed E-state index contributed by atoms with van der Waals surface area (Å²) in [4.78, 5) is 12.2. The van der Waals surface area contributed by atoms with Gasteiger partial charge in [0.05, 0.1) is 15.6 Å². The summed E-state index contributed by atoms with van der Waals surface area (Å²) >= 11 is 12.0. The molecule has 1 amide bonds. The summed E-state index contributed by atoms with van der Waals surface area (Å²) in [6.07, 6.45) is -3.48. The van der Waals surface area contributed by atoms with Gasteiger partial charge >= 0.3 is 6.36 Å². The fraction of sp³-hybridized carbons (Fsp3) is 0.278. The molecule has 0 saturated heterocycles. The van der Waals surface area contributed by atoms with Gasteiger partial charge in [-0.25, -0.2) is 13.1 Å². The molecule has 162 valence electrons. The van der Waals surface area contributed by atoms with E-state index in [4.69, 9.17) is 23.2 Å². The van der Waals surface area contributed by atoms with Crippen LogP contribution in [-0.4, -0.2) is 26.7 Å². The van der Waals surface area contributed by atoms with Gasteiger partial charge in [-0.05, 0) is 31.0 Å². The lowest BCUT2D eigenvalue weighted by atomic mass is 10.1. The lowest BCUT2D eigenvalue weighted by Gasteiger charge is -2.14. The van der Waals surface area contributed by atoms with Crippen LogP contribution >= 0.6 is 23.2 Å². The first kappa shape index (κ1) is 22.7. The molecule has 0 aliphatic heterocycles. The Kier molecular flexibility index (Phi) is 6.51. The van der Waals surface area contributed by atoms with E-state index >= 15 is 0 Å². The maximum Gasteiger partial charge on any atom is 0.573 e. The molecule has 0 bridgehead atoms. The maximum atomic E-state index is 12.5. The van der Waals surface area contributed by atoms with Crippen LogP contribution in [0, 0.1) is 0 Å². The van der Waals surface area contributed by atoms with Crippen LogP contribution < -0.4 is 14.8 Å². The molecule has 1 aliphatic rings. The largest absolute Gasteiger partial charge is 0.573 e. The highest BCUT2D eigenvalue weighted by Gasteiger charge is 2.32. The number of sulfonamides is 1. The average molecular weight is 483 g/mol. The van der Waals surface area contributed by atoms with E-state index in [0.717, 1.165) is 18.2 Å². The standard InChI is InChI=1S/C18H15Cl2F3N2O4S/c19-13-8-14(20)16(30(27,28)25-11-5-6-11)7-12(13)17(26)24-9-10-3-1-2-4-15(10)29-18(21,22)23/h1-4,7-8,11,25H,5-6,9H2,(H,24,26). The molecule has 0 radical (unpaired) electrons. The van der Waals surface area contributed by atoms with Crippen LogP contribution in [0.4, 0.5) is 13.2 Å². The highest BCUT2D eigenvalue weighted by atomic mass is 35.5. The smallest absolute Gasteiger partial charge is 0.405 e. The summed E-state index contributed by atoms with van der Waals surface area (Å²) in [7, 11) is -3.96. The van der Waals surface area contributed by atoms with Crippen molar-refractivity contribution in [1.29, 1.82) is 0 Å². The van der Waals surface area contributed by atoms with Crippen LogP contribution in [0.5, 0.6) is 5.75 Å². The molecule has 6 nitrogen and oxygen atoms in total. The Morgan fingerprint density at radius 2 is 1.80 bits per heavy atom. The number of para-hydroxylation sites is 1. The second kappa shape index (κ2) is 8.62. The lowest BCUT2D eigenvalue weighted by Crippen LogP contribution is -2.27.